The number of aliphatic hydroxyl groups is 2. The number of carbonyl (C=O) groups excluding carboxylic acids is 3. The number of hydrogen-bond donors (Lipinski definition) is 2. The molecule has 0 saturated carbocycles. The zero-order chi connectivity index (χ0) is 24.9. The summed E-state index contributed by atoms with van der Waals surface area (Å²) in [6.45, 7) is 13.5. The van der Waals surface area contributed by atoms with E-state index in [4.69, 9.17) is 18.9 Å². The van der Waals surface area contributed by atoms with Gasteiger partial charge in [-0.1, -0.05) is 33.4 Å². The van der Waals surface area contributed by atoms with Crippen molar-refractivity contribution in [2.45, 2.75) is 90.2 Å². The summed E-state index contributed by atoms with van der Waals surface area (Å²) in [7, 11) is 0. The summed E-state index contributed by atoms with van der Waals surface area (Å²) in [6, 6.07) is 0. The molecule has 0 unspecified atom stereocenters. The minimum Gasteiger partial charge on any atom is -0.455 e. The van der Waals surface area contributed by atoms with Crippen LogP contribution in [0.15, 0.2) is 23.8 Å². The lowest BCUT2D eigenvalue weighted by Gasteiger charge is -2.41. The van der Waals surface area contributed by atoms with Gasteiger partial charge in [-0.25, -0.2) is 9.59 Å². The lowest BCUT2D eigenvalue weighted by Crippen LogP contribution is -2.58. The Morgan fingerprint density at radius 3 is 2.45 bits per heavy atom. The molecule has 0 aromatic rings. The number of esters is 3. The molecule has 3 heterocycles. The first-order valence-corrected chi connectivity index (χ1v) is 11.3. The molecule has 8 atom stereocenters. The van der Waals surface area contributed by atoms with Gasteiger partial charge in [-0.2, -0.15) is 0 Å². The third kappa shape index (κ3) is 4.46. The Morgan fingerprint density at radius 2 is 1.88 bits per heavy atom. The smallest absolute Gasteiger partial charge is 0.334 e. The third-order valence-corrected chi connectivity index (χ3v) is 6.93. The molecule has 184 valence electrons. The van der Waals surface area contributed by atoms with Crippen LogP contribution < -0.4 is 0 Å². The van der Waals surface area contributed by atoms with Crippen molar-refractivity contribution in [2.24, 2.45) is 17.8 Å². The summed E-state index contributed by atoms with van der Waals surface area (Å²) in [6.07, 6.45) is -2.64. The minimum atomic E-state index is -1.97. The van der Waals surface area contributed by atoms with Gasteiger partial charge >= 0.3 is 17.9 Å². The molecule has 0 aromatic carbocycles. The van der Waals surface area contributed by atoms with Crippen molar-refractivity contribution < 1.29 is 43.5 Å². The molecular weight excluding hydrogens is 432 g/mol. The fourth-order valence-electron chi connectivity index (χ4n) is 4.81. The first-order valence-electron chi connectivity index (χ1n) is 11.3. The van der Waals surface area contributed by atoms with Gasteiger partial charge in [0.2, 0.25) is 5.79 Å². The van der Waals surface area contributed by atoms with E-state index in [-0.39, 0.29) is 12.0 Å². The predicted octanol–water partition coefficient (Wildman–Crippen LogP) is 1.80. The van der Waals surface area contributed by atoms with Crippen LogP contribution in [0.1, 0.15) is 54.4 Å². The van der Waals surface area contributed by atoms with Crippen LogP contribution in [-0.4, -0.2) is 63.9 Å². The zero-order valence-electron chi connectivity index (χ0n) is 20.0. The standard InChI is InChI=1S/C24H34O9/c1-8-12(4)21(26)31-18-16-14(6)22(27)30-17(16)19(32-20(25)11(2)3)23(7,28)10-15-9-13(5)24(18,29)33-15/h8,11,13,15-19,28-29H,6,9-10H2,1-5,7H3/b12-8-/t13-,15+,16+,17+,18-,19-,23-,24+/m0/s1. The van der Waals surface area contributed by atoms with Crippen molar-refractivity contribution in [1.29, 1.82) is 0 Å². The highest BCUT2D eigenvalue weighted by Crippen LogP contribution is 2.50. The highest BCUT2D eigenvalue weighted by Gasteiger charge is 2.65. The van der Waals surface area contributed by atoms with E-state index in [0.717, 1.165) is 0 Å². The maximum atomic E-state index is 12.8. The van der Waals surface area contributed by atoms with Crippen LogP contribution in [0.4, 0.5) is 0 Å². The van der Waals surface area contributed by atoms with E-state index in [1.807, 2.05) is 0 Å². The van der Waals surface area contributed by atoms with Crippen LogP contribution in [0.2, 0.25) is 0 Å². The molecular formula is C24H34O9. The summed E-state index contributed by atoms with van der Waals surface area (Å²) in [5.74, 6) is -6.18. The van der Waals surface area contributed by atoms with Gasteiger partial charge in [0.25, 0.3) is 0 Å². The maximum absolute atomic E-state index is 12.8. The van der Waals surface area contributed by atoms with E-state index in [0.29, 0.717) is 12.0 Å². The highest BCUT2D eigenvalue weighted by molar-refractivity contribution is 5.92. The van der Waals surface area contributed by atoms with Gasteiger partial charge in [0.05, 0.1) is 17.9 Å². The summed E-state index contributed by atoms with van der Waals surface area (Å²) in [5.41, 5.74) is -1.44. The monoisotopic (exact) mass is 466 g/mol. The van der Waals surface area contributed by atoms with Crippen molar-refractivity contribution in [3.8, 4) is 0 Å². The van der Waals surface area contributed by atoms with Crippen LogP contribution >= 0.6 is 0 Å². The average Bonchev–Trinajstić information content (AvgIpc) is 3.17. The van der Waals surface area contributed by atoms with Crippen LogP contribution in [0, 0.1) is 17.8 Å². The average molecular weight is 467 g/mol. The fraction of sp³-hybridized carbons (Fsp3) is 0.708. The fourth-order valence-corrected chi connectivity index (χ4v) is 4.81. The number of carbonyl (C=O) groups is 3. The van der Waals surface area contributed by atoms with Crippen LogP contribution in [0.25, 0.3) is 0 Å². The van der Waals surface area contributed by atoms with Crippen molar-refractivity contribution in [3.63, 3.8) is 0 Å². The van der Waals surface area contributed by atoms with Crippen molar-refractivity contribution in [1.82, 2.24) is 0 Å². The van der Waals surface area contributed by atoms with Crippen LogP contribution in [0.5, 0.6) is 0 Å². The molecule has 2 N–H and O–H groups in total. The summed E-state index contributed by atoms with van der Waals surface area (Å²) >= 11 is 0. The van der Waals surface area contributed by atoms with Crippen molar-refractivity contribution >= 4 is 17.9 Å². The van der Waals surface area contributed by atoms with E-state index in [2.05, 4.69) is 6.58 Å². The lowest BCUT2D eigenvalue weighted by atomic mass is 9.75. The molecule has 3 aliphatic rings. The van der Waals surface area contributed by atoms with Crippen molar-refractivity contribution in [2.75, 3.05) is 0 Å². The van der Waals surface area contributed by atoms with E-state index >= 15 is 0 Å². The quantitative estimate of drug-likeness (QED) is 0.362. The lowest BCUT2D eigenvalue weighted by molar-refractivity contribution is -0.277. The van der Waals surface area contributed by atoms with Gasteiger partial charge in [0.15, 0.2) is 18.3 Å². The molecule has 0 spiro atoms. The topological polar surface area (TPSA) is 129 Å². The Kier molecular flexibility index (Phi) is 6.81. The number of allylic oxidation sites excluding steroid dienone is 1. The van der Waals surface area contributed by atoms with E-state index < -0.39 is 71.5 Å². The van der Waals surface area contributed by atoms with Gasteiger partial charge < -0.3 is 29.2 Å². The summed E-state index contributed by atoms with van der Waals surface area (Å²) in [5, 5.41) is 23.1. The molecule has 9 nitrogen and oxygen atoms in total. The van der Waals surface area contributed by atoms with Crippen LogP contribution in [-0.2, 0) is 33.3 Å². The maximum Gasteiger partial charge on any atom is 0.334 e. The molecule has 0 amide bonds. The number of rotatable bonds is 4. The Balaban J connectivity index is 2.16. The molecule has 3 rings (SSSR count). The molecule has 3 saturated heterocycles. The molecule has 0 aliphatic carbocycles. The van der Waals surface area contributed by atoms with Crippen molar-refractivity contribution in [3.05, 3.63) is 23.8 Å². The van der Waals surface area contributed by atoms with E-state index in [1.54, 1.807) is 40.7 Å². The molecule has 33 heavy (non-hydrogen) atoms. The Hall–Kier alpha value is -2.23. The normalized spacial score (nSPS) is 41.1. The van der Waals surface area contributed by atoms with Gasteiger partial charge in [-0.05, 0) is 27.2 Å². The molecule has 0 aromatic heterocycles. The molecule has 0 radical (unpaired) electrons. The number of fused-ring (bicyclic) bond motifs is 3. The molecule has 3 fully saturated rings. The molecule has 2 bridgehead atoms. The number of hydrogen-bond acceptors (Lipinski definition) is 9. The third-order valence-electron chi connectivity index (χ3n) is 6.93. The highest BCUT2D eigenvalue weighted by atomic mass is 16.7. The van der Waals surface area contributed by atoms with Gasteiger partial charge in [-0.3, -0.25) is 4.79 Å². The SMILES string of the molecule is C=C1C(=O)O[C@@H]2[C@@H]1[C@H](OC(=O)/C(C)=C\C)[C@]1(O)O[C@H](C[C@@H]1C)C[C@](C)(O)[C@H]2OC(=O)C(C)C. The first kappa shape index (κ1) is 25.4. The largest absolute Gasteiger partial charge is 0.455 e. The van der Waals surface area contributed by atoms with Gasteiger partial charge in [0, 0.05) is 23.5 Å². The second kappa shape index (κ2) is 8.85. The summed E-state index contributed by atoms with van der Waals surface area (Å²) < 4.78 is 22.9. The van der Waals surface area contributed by atoms with E-state index in [9.17, 15) is 24.6 Å². The van der Waals surface area contributed by atoms with Crippen LogP contribution in [0.3, 0.4) is 0 Å². The number of ether oxygens (including phenoxy) is 4. The Labute approximate surface area is 193 Å². The Morgan fingerprint density at radius 1 is 1.24 bits per heavy atom. The Bertz CT molecular complexity index is 873. The van der Waals surface area contributed by atoms with E-state index in [1.165, 1.54) is 6.92 Å². The predicted molar refractivity (Wildman–Crippen MR) is 115 cm³/mol. The van der Waals surface area contributed by atoms with Gasteiger partial charge in [-0.15, -0.1) is 0 Å². The zero-order valence-corrected chi connectivity index (χ0v) is 20.0. The molecule has 3 aliphatic heterocycles. The second-order valence-corrected chi connectivity index (χ2v) is 9.92. The summed E-state index contributed by atoms with van der Waals surface area (Å²) in [4.78, 5) is 37.9. The first-order chi connectivity index (χ1) is 15.2. The van der Waals surface area contributed by atoms with Gasteiger partial charge in [0.1, 0.15) is 5.60 Å². The molecule has 9 heteroatoms. The second-order valence-electron chi connectivity index (χ2n) is 9.92. The minimum absolute atomic E-state index is 0.00248.